The van der Waals surface area contributed by atoms with Gasteiger partial charge >= 0.3 is 0 Å². The standard InChI is InChI=1S/C10H16N2.2ClH/c1-8(11)9-6-4-5-7-10(9)12(2)3;;/h4-8H,11H2,1-3H3;2*1H. The molecule has 0 amide bonds. The summed E-state index contributed by atoms with van der Waals surface area (Å²) in [6.45, 7) is 2.00. The summed E-state index contributed by atoms with van der Waals surface area (Å²) in [5, 5.41) is 0. The second-order valence-electron chi connectivity index (χ2n) is 3.24. The van der Waals surface area contributed by atoms with Crippen LogP contribution in [0, 0.1) is 0 Å². The Balaban J connectivity index is 0. The van der Waals surface area contributed by atoms with Crippen LogP contribution in [-0.2, 0) is 0 Å². The predicted octanol–water partition coefficient (Wildman–Crippen LogP) is 2.62. The number of para-hydroxylation sites is 1. The van der Waals surface area contributed by atoms with Crippen LogP contribution in [0.4, 0.5) is 5.69 Å². The van der Waals surface area contributed by atoms with Crippen LogP contribution in [0.5, 0.6) is 0 Å². The van der Waals surface area contributed by atoms with Crippen molar-refractivity contribution in [3.05, 3.63) is 29.8 Å². The van der Waals surface area contributed by atoms with Crippen LogP contribution in [0.25, 0.3) is 0 Å². The second-order valence-corrected chi connectivity index (χ2v) is 3.24. The fourth-order valence-electron chi connectivity index (χ4n) is 1.28. The van der Waals surface area contributed by atoms with Crippen LogP contribution in [0.2, 0.25) is 0 Å². The van der Waals surface area contributed by atoms with Crippen molar-refractivity contribution in [2.75, 3.05) is 19.0 Å². The van der Waals surface area contributed by atoms with E-state index in [1.807, 2.05) is 33.2 Å². The first-order chi connectivity index (χ1) is 5.63. The Morgan fingerprint density at radius 2 is 1.64 bits per heavy atom. The van der Waals surface area contributed by atoms with Gasteiger partial charge in [-0.05, 0) is 18.6 Å². The zero-order valence-electron chi connectivity index (χ0n) is 8.73. The molecule has 2 N–H and O–H groups in total. The first kappa shape index (κ1) is 16.0. The lowest BCUT2D eigenvalue weighted by molar-refractivity contribution is 0.813. The van der Waals surface area contributed by atoms with Crippen LogP contribution in [0.3, 0.4) is 0 Å². The molecule has 0 aliphatic carbocycles. The molecule has 1 rings (SSSR count). The minimum Gasteiger partial charge on any atom is -0.377 e. The van der Waals surface area contributed by atoms with Crippen molar-refractivity contribution in [1.82, 2.24) is 0 Å². The molecule has 1 aromatic carbocycles. The zero-order chi connectivity index (χ0) is 9.14. The maximum atomic E-state index is 5.83. The normalized spacial score (nSPS) is 10.9. The molecule has 0 fully saturated rings. The first-order valence-corrected chi connectivity index (χ1v) is 4.14. The van der Waals surface area contributed by atoms with E-state index in [4.69, 9.17) is 5.73 Å². The number of rotatable bonds is 2. The molecule has 0 saturated carbocycles. The largest absolute Gasteiger partial charge is 0.377 e. The number of hydrogen-bond donors (Lipinski definition) is 1. The van der Waals surface area contributed by atoms with Gasteiger partial charge in [-0.3, -0.25) is 0 Å². The van der Waals surface area contributed by atoms with Gasteiger partial charge in [-0.25, -0.2) is 0 Å². The Labute approximate surface area is 98.3 Å². The van der Waals surface area contributed by atoms with E-state index in [0.717, 1.165) is 0 Å². The van der Waals surface area contributed by atoms with Crippen molar-refractivity contribution in [1.29, 1.82) is 0 Å². The number of halogens is 2. The minimum absolute atomic E-state index is 0. The van der Waals surface area contributed by atoms with Crippen LogP contribution >= 0.6 is 24.8 Å². The van der Waals surface area contributed by atoms with Crippen molar-refractivity contribution in [2.24, 2.45) is 5.73 Å². The molecular formula is C10H18Cl2N2. The number of nitrogens with two attached hydrogens (primary N) is 1. The van der Waals surface area contributed by atoms with Crippen LogP contribution in [0.15, 0.2) is 24.3 Å². The Bertz CT molecular complexity index is 235. The topological polar surface area (TPSA) is 29.3 Å². The summed E-state index contributed by atoms with van der Waals surface area (Å²) >= 11 is 0. The third-order valence-electron chi connectivity index (χ3n) is 1.91. The molecule has 0 bridgehead atoms. The van der Waals surface area contributed by atoms with Gasteiger partial charge in [-0.1, -0.05) is 18.2 Å². The lowest BCUT2D eigenvalue weighted by atomic mass is 10.1. The molecule has 4 heteroatoms. The highest BCUT2D eigenvalue weighted by molar-refractivity contribution is 5.85. The molecule has 0 radical (unpaired) electrons. The summed E-state index contributed by atoms with van der Waals surface area (Å²) in [6.07, 6.45) is 0. The number of benzene rings is 1. The Hall–Kier alpha value is -0.440. The highest BCUT2D eigenvalue weighted by Gasteiger charge is 2.06. The molecule has 0 saturated heterocycles. The van der Waals surface area contributed by atoms with Gasteiger partial charge in [0.1, 0.15) is 0 Å². The van der Waals surface area contributed by atoms with Crippen LogP contribution in [-0.4, -0.2) is 14.1 Å². The van der Waals surface area contributed by atoms with Gasteiger partial charge in [-0.2, -0.15) is 0 Å². The fraction of sp³-hybridized carbons (Fsp3) is 0.400. The van der Waals surface area contributed by atoms with E-state index in [9.17, 15) is 0 Å². The van der Waals surface area contributed by atoms with Gasteiger partial charge in [0.25, 0.3) is 0 Å². The van der Waals surface area contributed by atoms with E-state index in [-0.39, 0.29) is 30.9 Å². The van der Waals surface area contributed by atoms with Gasteiger partial charge in [0, 0.05) is 25.8 Å². The van der Waals surface area contributed by atoms with Crippen molar-refractivity contribution in [3.8, 4) is 0 Å². The molecule has 1 aromatic rings. The maximum absolute atomic E-state index is 5.83. The maximum Gasteiger partial charge on any atom is 0.0409 e. The quantitative estimate of drug-likeness (QED) is 0.856. The molecule has 0 aliphatic rings. The highest BCUT2D eigenvalue weighted by atomic mass is 35.5. The van der Waals surface area contributed by atoms with Crippen LogP contribution < -0.4 is 10.6 Å². The Morgan fingerprint density at radius 1 is 1.14 bits per heavy atom. The molecular weight excluding hydrogens is 219 g/mol. The van der Waals surface area contributed by atoms with E-state index in [0.29, 0.717) is 0 Å². The molecule has 1 atom stereocenters. The van der Waals surface area contributed by atoms with E-state index >= 15 is 0 Å². The van der Waals surface area contributed by atoms with Crippen molar-refractivity contribution in [3.63, 3.8) is 0 Å². The summed E-state index contributed by atoms with van der Waals surface area (Å²) in [7, 11) is 4.06. The lowest BCUT2D eigenvalue weighted by Gasteiger charge is -2.19. The summed E-state index contributed by atoms with van der Waals surface area (Å²) in [6, 6.07) is 8.30. The molecule has 2 nitrogen and oxygen atoms in total. The average molecular weight is 237 g/mol. The summed E-state index contributed by atoms with van der Waals surface area (Å²) in [5.74, 6) is 0. The number of anilines is 1. The number of hydrogen-bond acceptors (Lipinski definition) is 2. The lowest BCUT2D eigenvalue weighted by Crippen LogP contribution is -2.15. The van der Waals surface area contributed by atoms with Gasteiger partial charge in [0.05, 0.1) is 0 Å². The first-order valence-electron chi connectivity index (χ1n) is 4.14. The number of nitrogens with zero attached hydrogens (tertiary/aromatic N) is 1. The van der Waals surface area contributed by atoms with E-state index in [1.165, 1.54) is 11.3 Å². The zero-order valence-corrected chi connectivity index (χ0v) is 10.4. The molecule has 0 aromatic heterocycles. The predicted molar refractivity (Wildman–Crippen MR) is 67.9 cm³/mol. The summed E-state index contributed by atoms with van der Waals surface area (Å²) in [5.41, 5.74) is 8.22. The third-order valence-corrected chi connectivity index (χ3v) is 1.91. The molecule has 0 aliphatic heterocycles. The van der Waals surface area contributed by atoms with Crippen molar-refractivity contribution in [2.45, 2.75) is 13.0 Å². The van der Waals surface area contributed by atoms with E-state index < -0.39 is 0 Å². The molecule has 14 heavy (non-hydrogen) atoms. The summed E-state index contributed by atoms with van der Waals surface area (Å²) < 4.78 is 0. The Morgan fingerprint density at radius 3 is 2.00 bits per heavy atom. The highest BCUT2D eigenvalue weighted by Crippen LogP contribution is 2.22. The van der Waals surface area contributed by atoms with Crippen LogP contribution in [0.1, 0.15) is 18.5 Å². The van der Waals surface area contributed by atoms with E-state index in [1.54, 1.807) is 0 Å². The third kappa shape index (κ3) is 3.74. The molecule has 82 valence electrons. The molecule has 0 heterocycles. The van der Waals surface area contributed by atoms with E-state index in [2.05, 4.69) is 17.0 Å². The Kier molecular flexibility index (Phi) is 7.93. The monoisotopic (exact) mass is 236 g/mol. The van der Waals surface area contributed by atoms with Gasteiger partial charge in [0.2, 0.25) is 0 Å². The van der Waals surface area contributed by atoms with Gasteiger partial charge < -0.3 is 10.6 Å². The smallest absolute Gasteiger partial charge is 0.0409 e. The van der Waals surface area contributed by atoms with Gasteiger partial charge in [0.15, 0.2) is 0 Å². The van der Waals surface area contributed by atoms with Crippen molar-refractivity contribution < 1.29 is 0 Å². The van der Waals surface area contributed by atoms with Crippen molar-refractivity contribution >= 4 is 30.5 Å². The second kappa shape index (κ2) is 6.93. The fourth-order valence-corrected chi connectivity index (χ4v) is 1.28. The minimum atomic E-state index is 0. The SMILES string of the molecule is CC(N)c1ccccc1N(C)C.Cl.Cl. The van der Waals surface area contributed by atoms with Gasteiger partial charge in [-0.15, -0.1) is 24.8 Å². The molecule has 0 spiro atoms. The molecule has 1 unspecified atom stereocenters. The summed E-state index contributed by atoms with van der Waals surface area (Å²) in [4.78, 5) is 2.08. The average Bonchev–Trinajstić information content (AvgIpc) is 2.04.